The molecule has 20 heavy (non-hydrogen) atoms. The van der Waals surface area contributed by atoms with Gasteiger partial charge in [0.2, 0.25) is 0 Å². The molecule has 0 saturated carbocycles. The van der Waals surface area contributed by atoms with Gasteiger partial charge in [-0.1, -0.05) is 11.6 Å². The lowest BCUT2D eigenvalue weighted by molar-refractivity contribution is -0.0257. The van der Waals surface area contributed by atoms with Gasteiger partial charge in [0.15, 0.2) is 11.6 Å². The summed E-state index contributed by atoms with van der Waals surface area (Å²) in [4.78, 5) is 14.5. The van der Waals surface area contributed by atoms with E-state index in [1.807, 2.05) is 0 Å². The predicted octanol–water partition coefficient (Wildman–Crippen LogP) is 3.53. The van der Waals surface area contributed by atoms with E-state index in [1.165, 1.54) is 6.07 Å². The van der Waals surface area contributed by atoms with Gasteiger partial charge in [-0.05, 0) is 41.9 Å². The zero-order valence-corrected chi connectivity index (χ0v) is 13.7. The number of nitrogens with zero attached hydrogens (tertiary/aromatic N) is 1. The highest BCUT2D eigenvalue weighted by Crippen LogP contribution is 2.28. The molecule has 1 saturated heterocycles. The van der Waals surface area contributed by atoms with Crippen LogP contribution >= 0.6 is 27.5 Å². The summed E-state index contributed by atoms with van der Waals surface area (Å²) in [6.45, 7) is 5.85. The van der Waals surface area contributed by atoms with Crippen molar-refractivity contribution in [2.24, 2.45) is 0 Å². The summed E-state index contributed by atoms with van der Waals surface area (Å²) in [5.74, 6) is -1.06. The fourth-order valence-electron chi connectivity index (χ4n) is 2.19. The molecule has 0 aliphatic carbocycles. The molecule has 1 aromatic rings. The van der Waals surface area contributed by atoms with Crippen LogP contribution in [0.5, 0.6) is 0 Å². The standard InChI is InChI=1S/C14H16BrClFNO2/c1-8(2)18-5-6-20-11(7-18)14(19)9-3-4-10(15)12(16)13(9)17/h3-4,8,11H,5-7H2,1-2H3. The number of hydrogen-bond donors (Lipinski definition) is 0. The molecule has 2 rings (SSSR count). The largest absolute Gasteiger partial charge is 0.367 e. The van der Waals surface area contributed by atoms with Crippen molar-refractivity contribution < 1.29 is 13.9 Å². The molecule has 0 spiro atoms. The Morgan fingerprint density at radius 2 is 2.25 bits per heavy atom. The number of rotatable bonds is 3. The number of carbonyl (C=O) groups excluding carboxylic acids is 1. The number of Topliss-reactive ketones (excluding diaryl/α,β-unsaturated/α-hetero) is 1. The number of ether oxygens (including phenoxy) is 1. The molecule has 0 bridgehead atoms. The number of morpholine rings is 1. The van der Waals surface area contributed by atoms with Crippen LogP contribution in [0.15, 0.2) is 16.6 Å². The van der Waals surface area contributed by atoms with Crippen molar-refractivity contribution in [3.63, 3.8) is 0 Å². The topological polar surface area (TPSA) is 29.5 Å². The summed E-state index contributed by atoms with van der Waals surface area (Å²) >= 11 is 8.95. The Kier molecular flexibility index (Phi) is 5.18. The van der Waals surface area contributed by atoms with Crippen molar-refractivity contribution in [2.75, 3.05) is 19.7 Å². The molecule has 1 aliphatic heterocycles. The number of carbonyl (C=O) groups is 1. The van der Waals surface area contributed by atoms with E-state index in [1.54, 1.807) is 6.07 Å². The van der Waals surface area contributed by atoms with Crippen LogP contribution in [0.3, 0.4) is 0 Å². The van der Waals surface area contributed by atoms with Crippen LogP contribution in [0, 0.1) is 5.82 Å². The molecule has 1 aromatic carbocycles. The predicted molar refractivity (Wildman–Crippen MR) is 79.9 cm³/mol. The van der Waals surface area contributed by atoms with Gasteiger partial charge in [0.1, 0.15) is 6.10 Å². The van der Waals surface area contributed by atoms with Crippen molar-refractivity contribution in [3.05, 3.63) is 33.0 Å². The molecule has 3 nitrogen and oxygen atoms in total. The van der Waals surface area contributed by atoms with Crippen LogP contribution in [0.4, 0.5) is 4.39 Å². The Morgan fingerprint density at radius 1 is 1.55 bits per heavy atom. The highest BCUT2D eigenvalue weighted by molar-refractivity contribution is 9.10. The third-order valence-electron chi connectivity index (χ3n) is 3.42. The van der Waals surface area contributed by atoms with E-state index in [9.17, 15) is 9.18 Å². The van der Waals surface area contributed by atoms with Gasteiger partial charge < -0.3 is 4.74 Å². The molecular weight excluding hydrogens is 349 g/mol. The van der Waals surface area contributed by atoms with Crippen molar-refractivity contribution >= 4 is 33.3 Å². The van der Waals surface area contributed by atoms with Crippen molar-refractivity contribution in [1.82, 2.24) is 4.90 Å². The van der Waals surface area contributed by atoms with Gasteiger partial charge in [-0.25, -0.2) is 4.39 Å². The van der Waals surface area contributed by atoms with Crippen LogP contribution in [-0.4, -0.2) is 42.5 Å². The van der Waals surface area contributed by atoms with Gasteiger partial charge in [0, 0.05) is 23.6 Å². The van der Waals surface area contributed by atoms with Crippen LogP contribution in [0.1, 0.15) is 24.2 Å². The molecule has 0 radical (unpaired) electrons. The maximum absolute atomic E-state index is 14.1. The molecule has 1 aliphatic rings. The van der Waals surface area contributed by atoms with Crippen LogP contribution in [0.2, 0.25) is 5.02 Å². The minimum atomic E-state index is -0.698. The number of halogens is 3. The summed E-state index contributed by atoms with van der Waals surface area (Å²) in [5, 5.41) is -0.0765. The Bertz CT molecular complexity index is 524. The average molecular weight is 365 g/mol. The molecule has 0 amide bonds. The summed E-state index contributed by atoms with van der Waals surface area (Å²) in [5.41, 5.74) is -0.0196. The lowest BCUT2D eigenvalue weighted by Gasteiger charge is -2.34. The highest BCUT2D eigenvalue weighted by Gasteiger charge is 2.30. The van der Waals surface area contributed by atoms with Gasteiger partial charge in [0.25, 0.3) is 0 Å². The zero-order chi connectivity index (χ0) is 14.9. The SMILES string of the molecule is CC(C)N1CCOC(C(=O)c2ccc(Br)c(Cl)c2F)C1. The van der Waals surface area contributed by atoms with Crippen molar-refractivity contribution in [2.45, 2.75) is 26.0 Å². The zero-order valence-electron chi connectivity index (χ0n) is 11.3. The van der Waals surface area contributed by atoms with E-state index < -0.39 is 11.9 Å². The minimum absolute atomic E-state index is 0.0196. The van der Waals surface area contributed by atoms with Gasteiger partial charge in [-0.3, -0.25) is 9.69 Å². The Balaban J connectivity index is 2.21. The molecule has 0 N–H and O–H groups in total. The maximum Gasteiger partial charge on any atom is 0.195 e. The fourth-order valence-corrected chi connectivity index (χ4v) is 2.66. The normalized spacial score (nSPS) is 20.4. The van der Waals surface area contributed by atoms with E-state index in [4.69, 9.17) is 16.3 Å². The maximum atomic E-state index is 14.1. The average Bonchev–Trinajstić information content (AvgIpc) is 2.44. The van der Waals surface area contributed by atoms with Gasteiger partial charge >= 0.3 is 0 Å². The first-order valence-electron chi connectivity index (χ1n) is 6.45. The fraction of sp³-hybridized carbons (Fsp3) is 0.500. The summed E-state index contributed by atoms with van der Waals surface area (Å²) in [6, 6.07) is 3.33. The third kappa shape index (κ3) is 3.22. The quantitative estimate of drug-likeness (QED) is 0.607. The first kappa shape index (κ1) is 15.9. The highest BCUT2D eigenvalue weighted by atomic mass is 79.9. The third-order valence-corrected chi connectivity index (χ3v) is 4.68. The number of hydrogen-bond acceptors (Lipinski definition) is 3. The lowest BCUT2D eigenvalue weighted by Crippen LogP contribution is -2.48. The van der Waals surface area contributed by atoms with E-state index in [2.05, 4.69) is 34.7 Å². The molecule has 1 atom stereocenters. The van der Waals surface area contributed by atoms with Crippen molar-refractivity contribution in [3.8, 4) is 0 Å². The van der Waals surface area contributed by atoms with Crippen molar-refractivity contribution in [1.29, 1.82) is 0 Å². The van der Waals surface area contributed by atoms with Crippen LogP contribution in [-0.2, 0) is 4.74 Å². The first-order chi connectivity index (χ1) is 9.41. The molecule has 110 valence electrons. The Labute approximate surface area is 131 Å². The van der Waals surface area contributed by atoms with E-state index in [0.29, 0.717) is 23.7 Å². The summed E-state index contributed by atoms with van der Waals surface area (Å²) in [7, 11) is 0. The van der Waals surface area contributed by atoms with E-state index >= 15 is 0 Å². The number of ketones is 1. The molecule has 0 aromatic heterocycles. The molecule has 1 fully saturated rings. The monoisotopic (exact) mass is 363 g/mol. The van der Waals surface area contributed by atoms with Gasteiger partial charge in [-0.15, -0.1) is 0 Å². The smallest absolute Gasteiger partial charge is 0.195 e. The van der Waals surface area contributed by atoms with E-state index in [0.717, 1.165) is 6.54 Å². The van der Waals surface area contributed by atoms with Gasteiger partial charge in [0.05, 0.1) is 17.2 Å². The molecule has 1 unspecified atom stereocenters. The summed E-state index contributed by atoms with van der Waals surface area (Å²) in [6.07, 6.45) is -0.641. The first-order valence-corrected chi connectivity index (χ1v) is 7.62. The molecular formula is C14H16BrClFNO2. The Hall–Kier alpha value is -0.490. The van der Waals surface area contributed by atoms with Crippen LogP contribution in [0.25, 0.3) is 0 Å². The molecule has 1 heterocycles. The summed E-state index contributed by atoms with van der Waals surface area (Å²) < 4.78 is 20.0. The second-order valence-electron chi connectivity index (χ2n) is 5.04. The second-order valence-corrected chi connectivity index (χ2v) is 6.27. The molecule has 6 heteroatoms. The van der Waals surface area contributed by atoms with Crippen LogP contribution < -0.4 is 0 Å². The Morgan fingerprint density at radius 3 is 2.90 bits per heavy atom. The van der Waals surface area contributed by atoms with E-state index in [-0.39, 0.29) is 16.4 Å². The number of benzene rings is 1. The van der Waals surface area contributed by atoms with Gasteiger partial charge in [-0.2, -0.15) is 0 Å². The second kappa shape index (κ2) is 6.52. The minimum Gasteiger partial charge on any atom is -0.367 e. The lowest BCUT2D eigenvalue weighted by atomic mass is 10.0.